The Morgan fingerprint density at radius 1 is 0.765 bits per heavy atom. The molecule has 104 valence electrons. The summed E-state index contributed by atoms with van der Waals surface area (Å²) in [4.78, 5) is 0. The molecule has 0 aromatic rings. The SMILES string of the molecule is CCCCCCC(NCCC)C(CC)CCC. The van der Waals surface area contributed by atoms with E-state index in [2.05, 4.69) is 33.0 Å². The molecule has 0 amide bonds. The first-order valence-electron chi connectivity index (χ1n) is 8.03. The van der Waals surface area contributed by atoms with Gasteiger partial charge in [-0.2, -0.15) is 0 Å². The van der Waals surface area contributed by atoms with Crippen molar-refractivity contribution < 1.29 is 0 Å². The number of nitrogens with one attached hydrogen (secondary N) is 1. The van der Waals surface area contributed by atoms with Gasteiger partial charge in [0.15, 0.2) is 0 Å². The second-order valence-electron chi connectivity index (χ2n) is 5.37. The fourth-order valence-corrected chi connectivity index (χ4v) is 2.69. The van der Waals surface area contributed by atoms with Crippen molar-refractivity contribution in [3.8, 4) is 0 Å². The topological polar surface area (TPSA) is 12.0 Å². The molecule has 0 rings (SSSR count). The van der Waals surface area contributed by atoms with Crippen molar-refractivity contribution in [1.29, 1.82) is 0 Å². The quantitative estimate of drug-likeness (QED) is 0.466. The summed E-state index contributed by atoms with van der Waals surface area (Å²) in [6, 6.07) is 0.775. The maximum absolute atomic E-state index is 3.78. The van der Waals surface area contributed by atoms with Crippen molar-refractivity contribution in [3.63, 3.8) is 0 Å². The zero-order valence-electron chi connectivity index (χ0n) is 12.7. The van der Waals surface area contributed by atoms with Crippen molar-refractivity contribution in [2.75, 3.05) is 6.54 Å². The molecule has 0 aromatic carbocycles. The molecule has 17 heavy (non-hydrogen) atoms. The van der Waals surface area contributed by atoms with Crippen LogP contribution in [0.1, 0.15) is 85.5 Å². The lowest BCUT2D eigenvalue weighted by atomic mass is 9.88. The second kappa shape index (κ2) is 12.4. The normalized spacial score (nSPS) is 14.8. The van der Waals surface area contributed by atoms with E-state index in [1.807, 2.05) is 0 Å². The maximum atomic E-state index is 3.78. The van der Waals surface area contributed by atoms with Crippen LogP contribution in [0.25, 0.3) is 0 Å². The number of unbranched alkanes of at least 4 members (excludes halogenated alkanes) is 3. The summed E-state index contributed by atoms with van der Waals surface area (Å²) in [6.45, 7) is 10.4. The summed E-state index contributed by atoms with van der Waals surface area (Å²) >= 11 is 0. The molecule has 0 radical (unpaired) electrons. The molecule has 1 N–H and O–H groups in total. The Hall–Kier alpha value is -0.0400. The van der Waals surface area contributed by atoms with E-state index in [4.69, 9.17) is 0 Å². The largest absolute Gasteiger partial charge is 0.314 e. The molecule has 0 saturated carbocycles. The molecule has 2 atom stereocenters. The first-order chi connectivity index (χ1) is 8.29. The monoisotopic (exact) mass is 241 g/mol. The summed E-state index contributed by atoms with van der Waals surface area (Å²) in [7, 11) is 0. The molecule has 2 unspecified atom stereocenters. The Balaban J connectivity index is 4.00. The lowest BCUT2D eigenvalue weighted by molar-refractivity contribution is 0.300. The van der Waals surface area contributed by atoms with Crippen molar-refractivity contribution >= 4 is 0 Å². The van der Waals surface area contributed by atoms with Gasteiger partial charge in [-0.05, 0) is 31.7 Å². The third-order valence-electron chi connectivity index (χ3n) is 3.78. The van der Waals surface area contributed by atoms with Crippen LogP contribution in [0, 0.1) is 5.92 Å². The van der Waals surface area contributed by atoms with Crippen LogP contribution in [0.15, 0.2) is 0 Å². The van der Waals surface area contributed by atoms with Crippen LogP contribution in [0.2, 0.25) is 0 Å². The Kier molecular flexibility index (Phi) is 12.4. The first kappa shape index (κ1) is 17.0. The van der Waals surface area contributed by atoms with E-state index in [-0.39, 0.29) is 0 Å². The summed E-state index contributed by atoms with van der Waals surface area (Å²) in [6.07, 6.45) is 12.3. The van der Waals surface area contributed by atoms with Crippen LogP contribution in [0.5, 0.6) is 0 Å². The van der Waals surface area contributed by atoms with Crippen LogP contribution in [-0.4, -0.2) is 12.6 Å². The molecule has 0 aliphatic rings. The van der Waals surface area contributed by atoms with Crippen LogP contribution >= 0.6 is 0 Å². The summed E-state index contributed by atoms with van der Waals surface area (Å²) in [5, 5.41) is 3.78. The average molecular weight is 241 g/mol. The lowest BCUT2D eigenvalue weighted by Gasteiger charge is -2.27. The molecule has 0 aliphatic heterocycles. The highest BCUT2D eigenvalue weighted by molar-refractivity contribution is 4.75. The van der Waals surface area contributed by atoms with Gasteiger partial charge in [0.2, 0.25) is 0 Å². The van der Waals surface area contributed by atoms with Gasteiger partial charge >= 0.3 is 0 Å². The smallest absolute Gasteiger partial charge is 0.00952 e. The predicted molar refractivity (Wildman–Crippen MR) is 79.5 cm³/mol. The molecule has 1 nitrogen and oxygen atoms in total. The summed E-state index contributed by atoms with van der Waals surface area (Å²) in [5.74, 6) is 0.896. The minimum absolute atomic E-state index is 0.775. The molecule has 0 bridgehead atoms. The Bertz CT molecular complexity index is 144. The number of hydrogen-bond acceptors (Lipinski definition) is 1. The number of rotatable bonds is 12. The zero-order valence-corrected chi connectivity index (χ0v) is 12.7. The van der Waals surface area contributed by atoms with Crippen molar-refractivity contribution in [1.82, 2.24) is 5.32 Å². The van der Waals surface area contributed by atoms with Crippen LogP contribution < -0.4 is 5.32 Å². The molecular formula is C16H35N. The van der Waals surface area contributed by atoms with E-state index in [9.17, 15) is 0 Å². The van der Waals surface area contributed by atoms with E-state index in [0.717, 1.165) is 12.0 Å². The molecule has 0 aromatic heterocycles. The van der Waals surface area contributed by atoms with Gasteiger partial charge in [-0.15, -0.1) is 0 Å². The fraction of sp³-hybridized carbons (Fsp3) is 1.00. The van der Waals surface area contributed by atoms with Gasteiger partial charge in [-0.1, -0.05) is 66.2 Å². The van der Waals surface area contributed by atoms with E-state index in [0.29, 0.717) is 0 Å². The van der Waals surface area contributed by atoms with Gasteiger partial charge < -0.3 is 5.32 Å². The highest BCUT2D eigenvalue weighted by Gasteiger charge is 2.17. The summed E-state index contributed by atoms with van der Waals surface area (Å²) < 4.78 is 0. The van der Waals surface area contributed by atoms with Gasteiger partial charge in [0.25, 0.3) is 0 Å². The van der Waals surface area contributed by atoms with Gasteiger partial charge in [0.1, 0.15) is 0 Å². The third kappa shape index (κ3) is 8.65. The molecule has 0 spiro atoms. The Morgan fingerprint density at radius 3 is 2.06 bits per heavy atom. The highest BCUT2D eigenvalue weighted by atomic mass is 14.9. The van der Waals surface area contributed by atoms with Gasteiger partial charge in [-0.3, -0.25) is 0 Å². The lowest BCUT2D eigenvalue weighted by Crippen LogP contribution is -2.36. The summed E-state index contributed by atoms with van der Waals surface area (Å²) in [5.41, 5.74) is 0. The van der Waals surface area contributed by atoms with E-state index in [1.165, 1.54) is 64.3 Å². The Labute approximate surface area is 110 Å². The third-order valence-corrected chi connectivity index (χ3v) is 3.78. The van der Waals surface area contributed by atoms with Crippen LogP contribution in [-0.2, 0) is 0 Å². The van der Waals surface area contributed by atoms with Crippen LogP contribution in [0.4, 0.5) is 0 Å². The number of hydrogen-bond donors (Lipinski definition) is 1. The molecule has 0 heterocycles. The standard InChI is InChI=1S/C16H35N/c1-5-9-10-11-13-16(17-14-7-3)15(8-4)12-6-2/h15-17H,5-14H2,1-4H3. The minimum atomic E-state index is 0.775. The minimum Gasteiger partial charge on any atom is -0.314 e. The molecule has 0 fully saturated rings. The molecule has 0 saturated heterocycles. The zero-order chi connectivity index (χ0) is 12.9. The van der Waals surface area contributed by atoms with Gasteiger partial charge in [-0.25, -0.2) is 0 Å². The predicted octanol–water partition coefficient (Wildman–Crippen LogP) is 5.15. The first-order valence-corrected chi connectivity index (χ1v) is 8.03. The molecule has 0 aliphatic carbocycles. The van der Waals surface area contributed by atoms with Crippen molar-refractivity contribution in [3.05, 3.63) is 0 Å². The van der Waals surface area contributed by atoms with Gasteiger partial charge in [0, 0.05) is 6.04 Å². The van der Waals surface area contributed by atoms with E-state index in [1.54, 1.807) is 0 Å². The Morgan fingerprint density at radius 2 is 1.53 bits per heavy atom. The van der Waals surface area contributed by atoms with Crippen molar-refractivity contribution in [2.24, 2.45) is 5.92 Å². The fourth-order valence-electron chi connectivity index (χ4n) is 2.69. The maximum Gasteiger partial charge on any atom is 0.00952 e. The molecule has 1 heteroatoms. The second-order valence-corrected chi connectivity index (χ2v) is 5.37. The average Bonchev–Trinajstić information content (AvgIpc) is 2.35. The molecular weight excluding hydrogens is 206 g/mol. The van der Waals surface area contributed by atoms with Crippen molar-refractivity contribution in [2.45, 2.75) is 91.5 Å². The van der Waals surface area contributed by atoms with E-state index >= 15 is 0 Å². The van der Waals surface area contributed by atoms with Gasteiger partial charge in [0.05, 0.1) is 0 Å². The van der Waals surface area contributed by atoms with E-state index < -0.39 is 0 Å². The van der Waals surface area contributed by atoms with Crippen LogP contribution in [0.3, 0.4) is 0 Å². The highest BCUT2D eigenvalue weighted by Crippen LogP contribution is 2.20.